The summed E-state index contributed by atoms with van der Waals surface area (Å²) in [5, 5.41) is 2.94. The molecule has 0 saturated carbocycles. The average molecular weight is 369 g/mol. The summed E-state index contributed by atoms with van der Waals surface area (Å²) in [6.45, 7) is 7.26. The first kappa shape index (κ1) is 19.1. The van der Waals surface area contributed by atoms with Crippen molar-refractivity contribution in [1.29, 1.82) is 0 Å². The molecular formula is C20H27N5O2. The fourth-order valence-electron chi connectivity index (χ4n) is 3.11. The predicted molar refractivity (Wildman–Crippen MR) is 105 cm³/mol. The Kier molecular flexibility index (Phi) is 6.98. The van der Waals surface area contributed by atoms with Crippen molar-refractivity contribution in [2.75, 3.05) is 50.8 Å². The molecule has 0 bridgehead atoms. The number of hydrogen-bond donors (Lipinski definition) is 1. The zero-order chi connectivity index (χ0) is 18.9. The van der Waals surface area contributed by atoms with E-state index in [1.54, 1.807) is 12.4 Å². The minimum absolute atomic E-state index is 0.0517. The number of aryl methyl sites for hydroxylation is 1. The van der Waals surface area contributed by atoms with E-state index in [9.17, 15) is 4.79 Å². The second-order valence-electron chi connectivity index (χ2n) is 6.48. The van der Waals surface area contributed by atoms with Gasteiger partial charge in [0.2, 0.25) is 5.95 Å². The number of para-hydroxylation sites is 1. The van der Waals surface area contributed by atoms with Gasteiger partial charge in [0.25, 0.3) is 5.91 Å². The lowest BCUT2D eigenvalue weighted by Gasteiger charge is -2.34. The normalized spacial score (nSPS) is 14.8. The van der Waals surface area contributed by atoms with Crippen LogP contribution in [0.1, 0.15) is 12.5 Å². The van der Waals surface area contributed by atoms with E-state index in [4.69, 9.17) is 4.74 Å². The Morgan fingerprint density at radius 3 is 2.59 bits per heavy atom. The number of anilines is 1. The average Bonchev–Trinajstić information content (AvgIpc) is 2.73. The number of rotatable bonds is 8. The van der Waals surface area contributed by atoms with Crippen LogP contribution in [0.25, 0.3) is 0 Å². The summed E-state index contributed by atoms with van der Waals surface area (Å²) in [5.74, 6) is 1.49. The molecule has 7 nitrogen and oxygen atoms in total. The van der Waals surface area contributed by atoms with Crippen molar-refractivity contribution in [1.82, 2.24) is 20.2 Å². The van der Waals surface area contributed by atoms with Gasteiger partial charge in [-0.1, -0.05) is 25.1 Å². The van der Waals surface area contributed by atoms with Crippen LogP contribution < -0.4 is 15.0 Å². The van der Waals surface area contributed by atoms with Gasteiger partial charge in [0, 0.05) is 51.7 Å². The molecule has 1 aliphatic heterocycles. The van der Waals surface area contributed by atoms with Crippen LogP contribution in [0.15, 0.2) is 42.7 Å². The second-order valence-corrected chi connectivity index (χ2v) is 6.48. The highest BCUT2D eigenvalue weighted by atomic mass is 16.5. The summed E-state index contributed by atoms with van der Waals surface area (Å²) in [6.07, 6.45) is 4.42. The molecule has 2 heterocycles. The number of hydrogen-bond acceptors (Lipinski definition) is 6. The largest absolute Gasteiger partial charge is 0.483 e. The topological polar surface area (TPSA) is 70.6 Å². The van der Waals surface area contributed by atoms with Crippen LogP contribution in [0.5, 0.6) is 5.75 Å². The Bertz CT molecular complexity index is 717. The van der Waals surface area contributed by atoms with E-state index in [-0.39, 0.29) is 12.5 Å². The fraction of sp³-hybridized carbons (Fsp3) is 0.450. The van der Waals surface area contributed by atoms with Gasteiger partial charge in [-0.15, -0.1) is 0 Å². The number of amides is 1. The summed E-state index contributed by atoms with van der Waals surface area (Å²) in [4.78, 5) is 25.1. The molecule has 0 aliphatic carbocycles. The third kappa shape index (κ3) is 5.65. The van der Waals surface area contributed by atoms with Crippen LogP contribution >= 0.6 is 0 Å². The van der Waals surface area contributed by atoms with Crippen molar-refractivity contribution in [2.45, 2.75) is 13.3 Å². The molecule has 1 amide bonds. The molecule has 1 aromatic carbocycles. The van der Waals surface area contributed by atoms with Gasteiger partial charge in [-0.05, 0) is 24.1 Å². The number of aromatic nitrogens is 2. The van der Waals surface area contributed by atoms with Gasteiger partial charge < -0.3 is 15.0 Å². The zero-order valence-electron chi connectivity index (χ0n) is 15.8. The van der Waals surface area contributed by atoms with Gasteiger partial charge in [0.15, 0.2) is 6.61 Å². The van der Waals surface area contributed by atoms with Crippen LogP contribution in [0, 0.1) is 0 Å². The van der Waals surface area contributed by atoms with Gasteiger partial charge in [0.1, 0.15) is 5.75 Å². The molecular weight excluding hydrogens is 342 g/mol. The molecule has 2 aromatic rings. The maximum absolute atomic E-state index is 12.0. The molecule has 1 aromatic heterocycles. The first-order chi connectivity index (χ1) is 13.3. The summed E-state index contributed by atoms with van der Waals surface area (Å²) in [5.41, 5.74) is 1.12. The zero-order valence-corrected chi connectivity index (χ0v) is 15.8. The van der Waals surface area contributed by atoms with Crippen LogP contribution in [0.4, 0.5) is 5.95 Å². The van der Waals surface area contributed by atoms with E-state index in [1.165, 1.54) is 0 Å². The molecule has 1 saturated heterocycles. The molecule has 1 aliphatic rings. The van der Waals surface area contributed by atoms with E-state index >= 15 is 0 Å². The molecule has 27 heavy (non-hydrogen) atoms. The van der Waals surface area contributed by atoms with Crippen molar-refractivity contribution in [3.05, 3.63) is 48.3 Å². The Labute approximate surface area is 160 Å². The molecule has 3 rings (SSSR count). The minimum atomic E-state index is -0.0859. The summed E-state index contributed by atoms with van der Waals surface area (Å²) in [7, 11) is 0. The Hall–Kier alpha value is -2.67. The lowest BCUT2D eigenvalue weighted by atomic mass is 10.1. The van der Waals surface area contributed by atoms with E-state index < -0.39 is 0 Å². The maximum Gasteiger partial charge on any atom is 0.257 e. The number of carbonyl (C=O) groups excluding carboxylic acids is 1. The monoisotopic (exact) mass is 369 g/mol. The van der Waals surface area contributed by atoms with Crippen LogP contribution in [0.2, 0.25) is 0 Å². The third-order valence-electron chi connectivity index (χ3n) is 4.67. The van der Waals surface area contributed by atoms with Crippen LogP contribution in [-0.4, -0.2) is 66.7 Å². The SMILES string of the molecule is CCc1ccccc1OCC(=O)NCCN1CCN(c2ncccn2)CC1. The van der Waals surface area contributed by atoms with Gasteiger partial charge in [-0.2, -0.15) is 0 Å². The van der Waals surface area contributed by atoms with Gasteiger partial charge in [-0.3, -0.25) is 9.69 Å². The highest BCUT2D eigenvalue weighted by molar-refractivity contribution is 5.77. The molecule has 0 radical (unpaired) electrons. The van der Waals surface area contributed by atoms with E-state index in [0.717, 1.165) is 56.4 Å². The minimum Gasteiger partial charge on any atom is -0.483 e. The number of benzene rings is 1. The first-order valence-corrected chi connectivity index (χ1v) is 9.48. The second kappa shape index (κ2) is 9.87. The molecule has 0 atom stereocenters. The van der Waals surface area contributed by atoms with Gasteiger partial charge in [-0.25, -0.2) is 9.97 Å². The van der Waals surface area contributed by atoms with Crippen LogP contribution in [0.3, 0.4) is 0 Å². The summed E-state index contributed by atoms with van der Waals surface area (Å²) >= 11 is 0. The fourth-order valence-corrected chi connectivity index (χ4v) is 3.11. The number of nitrogens with zero attached hydrogens (tertiary/aromatic N) is 4. The smallest absolute Gasteiger partial charge is 0.257 e. The van der Waals surface area contributed by atoms with E-state index in [2.05, 4.69) is 32.0 Å². The van der Waals surface area contributed by atoms with Gasteiger partial charge in [0.05, 0.1) is 0 Å². The maximum atomic E-state index is 12.0. The standard InChI is InChI=1S/C20H27N5O2/c1-2-17-6-3-4-7-18(17)27-16-19(26)21-10-11-24-12-14-25(15-13-24)20-22-8-5-9-23-20/h3-9H,2,10-16H2,1H3,(H,21,26). The van der Waals surface area contributed by atoms with E-state index in [0.29, 0.717) is 6.54 Å². The molecule has 0 spiro atoms. The molecule has 144 valence electrons. The molecule has 7 heteroatoms. The highest BCUT2D eigenvalue weighted by Gasteiger charge is 2.18. The number of nitrogens with one attached hydrogen (secondary N) is 1. The van der Waals surface area contributed by atoms with Crippen molar-refractivity contribution < 1.29 is 9.53 Å². The third-order valence-corrected chi connectivity index (χ3v) is 4.67. The van der Waals surface area contributed by atoms with Crippen molar-refractivity contribution in [2.24, 2.45) is 0 Å². The summed E-state index contributed by atoms with van der Waals surface area (Å²) < 4.78 is 5.65. The number of piperazine rings is 1. The van der Waals surface area contributed by atoms with Crippen LogP contribution in [-0.2, 0) is 11.2 Å². The molecule has 1 fully saturated rings. The number of ether oxygens (including phenoxy) is 1. The molecule has 1 N–H and O–H groups in total. The van der Waals surface area contributed by atoms with E-state index in [1.807, 2.05) is 30.3 Å². The Balaban J connectivity index is 1.32. The first-order valence-electron chi connectivity index (χ1n) is 9.48. The summed E-state index contributed by atoms with van der Waals surface area (Å²) in [6, 6.07) is 9.66. The Morgan fingerprint density at radius 2 is 1.85 bits per heavy atom. The molecule has 0 unspecified atom stereocenters. The van der Waals surface area contributed by atoms with Crippen molar-refractivity contribution >= 4 is 11.9 Å². The Morgan fingerprint density at radius 1 is 1.11 bits per heavy atom. The number of carbonyl (C=O) groups is 1. The van der Waals surface area contributed by atoms with Crippen molar-refractivity contribution in [3.63, 3.8) is 0 Å². The lowest BCUT2D eigenvalue weighted by Crippen LogP contribution is -2.49. The van der Waals surface area contributed by atoms with Gasteiger partial charge >= 0.3 is 0 Å². The quantitative estimate of drug-likeness (QED) is 0.758. The lowest BCUT2D eigenvalue weighted by molar-refractivity contribution is -0.123. The van der Waals surface area contributed by atoms with Crippen molar-refractivity contribution in [3.8, 4) is 5.75 Å². The predicted octanol–water partition coefficient (Wildman–Crippen LogP) is 1.36. The highest BCUT2D eigenvalue weighted by Crippen LogP contribution is 2.17.